The molecule has 1 atom stereocenters. The van der Waals surface area contributed by atoms with E-state index in [4.69, 9.17) is 10.8 Å². The summed E-state index contributed by atoms with van der Waals surface area (Å²) >= 11 is 0. The van der Waals surface area contributed by atoms with Crippen molar-refractivity contribution < 1.29 is 9.90 Å². The maximum Gasteiger partial charge on any atom is 0.305 e. The number of nitrogens with two attached hydrogens (primary N) is 1. The second-order valence-corrected chi connectivity index (χ2v) is 4.09. The fraction of sp³-hybridized carbons (Fsp3) is 0.583. The Bertz CT molecular complexity index is 263. The Labute approximate surface area is 91.7 Å². The van der Waals surface area contributed by atoms with Gasteiger partial charge in [0.25, 0.3) is 0 Å². The van der Waals surface area contributed by atoms with Gasteiger partial charge in [-0.3, -0.25) is 4.79 Å². The van der Waals surface area contributed by atoms with E-state index >= 15 is 0 Å². The molecule has 1 unspecified atom stereocenters. The van der Waals surface area contributed by atoms with Crippen LogP contribution in [0.2, 0.25) is 0 Å². The normalized spacial score (nSPS) is 13.5. The van der Waals surface area contributed by atoms with Crippen molar-refractivity contribution >= 4 is 5.97 Å². The first kappa shape index (κ1) is 13.9. The molecule has 0 amide bonds. The van der Waals surface area contributed by atoms with Gasteiger partial charge in [-0.25, -0.2) is 0 Å². The SMILES string of the molecule is CC(C)=CCC/C(C)=C/C(N)CC(=O)O. The van der Waals surface area contributed by atoms with Crippen LogP contribution < -0.4 is 5.73 Å². The molecule has 0 bridgehead atoms. The highest BCUT2D eigenvalue weighted by molar-refractivity contribution is 5.67. The summed E-state index contributed by atoms with van der Waals surface area (Å²) in [5.41, 5.74) is 8.09. The zero-order valence-electron chi connectivity index (χ0n) is 9.79. The molecule has 0 spiro atoms. The molecule has 0 rings (SSSR count). The first-order valence-electron chi connectivity index (χ1n) is 5.20. The molecule has 3 nitrogen and oxygen atoms in total. The fourth-order valence-corrected chi connectivity index (χ4v) is 1.30. The molecule has 0 saturated carbocycles. The van der Waals surface area contributed by atoms with Crippen molar-refractivity contribution in [1.82, 2.24) is 0 Å². The lowest BCUT2D eigenvalue weighted by atomic mass is 10.1. The highest BCUT2D eigenvalue weighted by Gasteiger charge is 2.04. The minimum Gasteiger partial charge on any atom is -0.481 e. The lowest BCUT2D eigenvalue weighted by Crippen LogP contribution is -2.21. The van der Waals surface area contributed by atoms with Crippen LogP contribution >= 0.6 is 0 Å². The van der Waals surface area contributed by atoms with E-state index in [9.17, 15) is 4.79 Å². The zero-order valence-corrected chi connectivity index (χ0v) is 9.79. The molecule has 86 valence electrons. The first-order valence-corrected chi connectivity index (χ1v) is 5.20. The molecular weight excluding hydrogens is 190 g/mol. The van der Waals surface area contributed by atoms with Crippen molar-refractivity contribution in [2.75, 3.05) is 0 Å². The van der Waals surface area contributed by atoms with Gasteiger partial charge in [-0.15, -0.1) is 0 Å². The van der Waals surface area contributed by atoms with Crippen molar-refractivity contribution in [1.29, 1.82) is 0 Å². The van der Waals surface area contributed by atoms with Crippen LogP contribution in [-0.4, -0.2) is 17.1 Å². The Kier molecular flexibility index (Phi) is 6.71. The fourth-order valence-electron chi connectivity index (χ4n) is 1.30. The van der Waals surface area contributed by atoms with E-state index in [-0.39, 0.29) is 12.5 Å². The van der Waals surface area contributed by atoms with Gasteiger partial charge in [0.1, 0.15) is 0 Å². The Hall–Kier alpha value is -1.09. The van der Waals surface area contributed by atoms with Gasteiger partial charge < -0.3 is 10.8 Å². The summed E-state index contributed by atoms with van der Waals surface area (Å²) in [5.74, 6) is -0.851. The lowest BCUT2D eigenvalue weighted by molar-refractivity contribution is -0.137. The number of rotatable bonds is 6. The van der Waals surface area contributed by atoms with Crippen molar-refractivity contribution in [3.05, 3.63) is 23.3 Å². The Balaban J connectivity index is 3.97. The number of aliphatic carboxylic acids is 1. The Morgan fingerprint density at radius 3 is 2.47 bits per heavy atom. The van der Waals surface area contributed by atoms with Gasteiger partial charge in [0, 0.05) is 6.04 Å². The third-order valence-corrected chi connectivity index (χ3v) is 2.00. The van der Waals surface area contributed by atoms with Crippen molar-refractivity contribution in [3.63, 3.8) is 0 Å². The highest BCUT2D eigenvalue weighted by Crippen LogP contribution is 2.08. The maximum atomic E-state index is 10.4. The van der Waals surface area contributed by atoms with Gasteiger partial charge in [0.05, 0.1) is 6.42 Å². The predicted molar refractivity (Wildman–Crippen MR) is 62.7 cm³/mol. The van der Waals surface area contributed by atoms with Gasteiger partial charge in [-0.05, 0) is 33.6 Å². The predicted octanol–water partition coefficient (Wildman–Crippen LogP) is 2.48. The number of hydrogen-bond donors (Lipinski definition) is 2. The van der Waals surface area contributed by atoms with Gasteiger partial charge in [-0.2, -0.15) is 0 Å². The minimum absolute atomic E-state index is 0.0000150. The number of allylic oxidation sites excluding steroid dienone is 3. The lowest BCUT2D eigenvalue weighted by Gasteiger charge is -2.05. The molecule has 0 aliphatic carbocycles. The summed E-state index contributed by atoms with van der Waals surface area (Å²) in [4.78, 5) is 10.4. The van der Waals surface area contributed by atoms with Crippen LogP contribution in [-0.2, 0) is 4.79 Å². The Morgan fingerprint density at radius 1 is 1.40 bits per heavy atom. The van der Waals surface area contributed by atoms with Gasteiger partial charge in [0.15, 0.2) is 0 Å². The van der Waals surface area contributed by atoms with E-state index in [0.29, 0.717) is 0 Å². The standard InChI is InChI=1S/C12H21NO2/c1-9(2)5-4-6-10(3)7-11(13)8-12(14)15/h5,7,11H,4,6,8,13H2,1-3H3,(H,14,15)/b10-7+. The van der Waals surface area contributed by atoms with Crippen LogP contribution in [0.15, 0.2) is 23.3 Å². The summed E-state index contributed by atoms with van der Waals surface area (Å²) < 4.78 is 0. The van der Waals surface area contributed by atoms with E-state index in [1.807, 2.05) is 13.0 Å². The third-order valence-electron chi connectivity index (χ3n) is 2.00. The number of hydrogen-bond acceptors (Lipinski definition) is 2. The molecule has 0 aliphatic rings. The summed E-state index contributed by atoms with van der Waals surface area (Å²) in [7, 11) is 0. The largest absolute Gasteiger partial charge is 0.481 e. The molecule has 0 heterocycles. The molecule has 3 N–H and O–H groups in total. The van der Waals surface area contributed by atoms with Gasteiger partial charge in [0.2, 0.25) is 0 Å². The Morgan fingerprint density at radius 2 is 2.00 bits per heavy atom. The average Bonchev–Trinajstić information content (AvgIpc) is 2.00. The molecule has 0 fully saturated rings. The first-order chi connectivity index (χ1) is 6.91. The minimum atomic E-state index is -0.851. The third kappa shape index (κ3) is 9.22. The zero-order chi connectivity index (χ0) is 11.8. The van der Waals surface area contributed by atoms with E-state index in [1.165, 1.54) is 5.57 Å². The van der Waals surface area contributed by atoms with E-state index in [2.05, 4.69) is 19.9 Å². The molecule has 3 heteroatoms. The van der Waals surface area contributed by atoms with Gasteiger partial charge in [-0.1, -0.05) is 23.3 Å². The molecule has 0 aromatic heterocycles. The van der Waals surface area contributed by atoms with Crippen LogP contribution in [0.5, 0.6) is 0 Å². The maximum absolute atomic E-state index is 10.4. The molecule has 0 aromatic rings. The summed E-state index contributed by atoms with van der Waals surface area (Å²) in [5, 5.41) is 8.53. The average molecular weight is 211 g/mol. The van der Waals surface area contributed by atoms with E-state index in [0.717, 1.165) is 18.4 Å². The molecule has 0 saturated heterocycles. The molecule has 15 heavy (non-hydrogen) atoms. The number of carboxylic acid groups (broad SMARTS) is 1. The number of carboxylic acids is 1. The molecule has 0 aromatic carbocycles. The van der Waals surface area contributed by atoms with Crippen molar-refractivity contribution in [2.24, 2.45) is 5.73 Å². The second kappa shape index (κ2) is 7.23. The van der Waals surface area contributed by atoms with Crippen LogP contribution in [0.3, 0.4) is 0 Å². The molecule has 0 aliphatic heterocycles. The second-order valence-electron chi connectivity index (χ2n) is 4.09. The van der Waals surface area contributed by atoms with Crippen LogP contribution in [0.4, 0.5) is 0 Å². The highest BCUT2D eigenvalue weighted by atomic mass is 16.4. The van der Waals surface area contributed by atoms with Crippen molar-refractivity contribution in [2.45, 2.75) is 46.1 Å². The van der Waals surface area contributed by atoms with Crippen molar-refractivity contribution in [3.8, 4) is 0 Å². The van der Waals surface area contributed by atoms with Crippen LogP contribution in [0.1, 0.15) is 40.0 Å². The number of carbonyl (C=O) groups is 1. The van der Waals surface area contributed by atoms with Crippen LogP contribution in [0, 0.1) is 0 Å². The molecule has 0 radical (unpaired) electrons. The smallest absolute Gasteiger partial charge is 0.305 e. The summed E-state index contributed by atoms with van der Waals surface area (Å²) in [6.45, 7) is 6.12. The van der Waals surface area contributed by atoms with Gasteiger partial charge >= 0.3 is 5.97 Å². The summed E-state index contributed by atoms with van der Waals surface area (Å²) in [6, 6.07) is -0.366. The van der Waals surface area contributed by atoms with E-state index < -0.39 is 5.97 Å². The molecular formula is C12H21NO2. The van der Waals surface area contributed by atoms with E-state index in [1.54, 1.807) is 0 Å². The quantitative estimate of drug-likeness (QED) is 0.663. The monoisotopic (exact) mass is 211 g/mol. The summed E-state index contributed by atoms with van der Waals surface area (Å²) in [6.07, 6.45) is 5.94. The topological polar surface area (TPSA) is 63.3 Å². The van der Waals surface area contributed by atoms with Crippen LogP contribution in [0.25, 0.3) is 0 Å².